The molecule has 0 saturated heterocycles. The number of urea groups is 1. The van der Waals surface area contributed by atoms with Crippen molar-refractivity contribution in [1.82, 2.24) is 10.6 Å². The summed E-state index contributed by atoms with van der Waals surface area (Å²) in [5.74, 6) is -0.711. The van der Waals surface area contributed by atoms with Crippen molar-refractivity contribution >= 4 is 19.5 Å². The maximum Gasteiger partial charge on any atom is 0.339 e. The van der Waals surface area contributed by atoms with Gasteiger partial charge in [-0.3, -0.25) is 14.7 Å². The Morgan fingerprint density at radius 1 is 1.29 bits per heavy atom. The quantitative estimate of drug-likeness (QED) is 0.220. The van der Waals surface area contributed by atoms with Crippen molar-refractivity contribution in [1.29, 1.82) is 0 Å². The topological polar surface area (TPSA) is 168 Å². The fraction of sp³-hybridized carbons (Fsp3) is 0.714. The van der Waals surface area contributed by atoms with Crippen LogP contribution in [-0.2, 0) is 9.36 Å². The van der Waals surface area contributed by atoms with Gasteiger partial charge in [0.15, 0.2) is 0 Å². The largest absolute Gasteiger partial charge is 0.368 e. The van der Waals surface area contributed by atoms with Crippen LogP contribution in [0.25, 0.3) is 0 Å². The van der Waals surface area contributed by atoms with E-state index < -0.39 is 31.9 Å². The second kappa shape index (κ2) is 7.23. The number of nitrogens with two attached hydrogens (primary N) is 2. The Labute approximate surface area is 98.1 Å². The van der Waals surface area contributed by atoms with Gasteiger partial charge in [0.25, 0.3) is 0 Å². The molecule has 0 heterocycles. The number of rotatable bonds is 8. The zero-order valence-corrected chi connectivity index (χ0v) is 10.0. The fourth-order valence-corrected chi connectivity index (χ4v) is 1.55. The molecule has 100 valence electrons. The van der Waals surface area contributed by atoms with E-state index in [1.165, 1.54) is 0 Å². The highest BCUT2D eigenvalue weighted by atomic mass is 31.2. The standard InChI is InChI=1S/C7H17N4O5P/c8-6(12)5(11-4-17(14,15)16)2-1-3-10-7(9)13/h5,11H,1-4H2,(H2,8,12)(H3,9,10,13)(H2,14,15,16). The van der Waals surface area contributed by atoms with Gasteiger partial charge in [0.2, 0.25) is 5.91 Å². The molecule has 1 atom stereocenters. The lowest BCUT2D eigenvalue weighted by atomic mass is 10.1. The van der Waals surface area contributed by atoms with Crippen molar-refractivity contribution in [2.24, 2.45) is 11.5 Å². The van der Waals surface area contributed by atoms with Crippen LogP contribution in [0.4, 0.5) is 4.79 Å². The fourth-order valence-electron chi connectivity index (χ4n) is 1.09. The normalized spacial score (nSPS) is 13.1. The van der Waals surface area contributed by atoms with Crippen LogP contribution >= 0.6 is 7.60 Å². The molecule has 17 heavy (non-hydrogen) atoms. The zero-order valence-electron chi connectivity index (χ0n) is 9.13. The summed E-state index contributed by atoms with van der Waals surface area (Å²) < 4.78 is 10.6. The van der Waals surface area contributed by atoms with Crippen LogP contribution in [0.5, 0.6) is 0 Å². The summed E-state index contributed by atoms with van der Waals surface area (Å²) >= 11 is 0. The highest BCUT2D eigenvalue weighted by Crippen LogP contribution is 2.32. The first-order chi connectivity index (χ1) is 7.72. The Hall–Kier alpha value is -1.15. The second-order valence-corrected chi connectivity index (χ2v) is 5.06. The van der Waals surface area contributed by atoms with E-state index in [0.29, 0.717) is 6.42 Å². The molecule has 3 amide bonds. The smallest absolute Gasteiger partial charge is 0.339 e. The van der Waals surface area contributed by atoms with E-state index in [4.69, 9.17) is 21.3 Å². The number of carbonyl (C=O) groups is 2. The molecular formula is C7H17N4O5P. The first-order valence-corrected chi connectivity index (χ1v) is 6.62. The number of carbonyl (C=O) groups excluding carboxylic acids is 2. The molecular weight excluding hydrogens is 251 g/mol. The van der Waals surface area contributed by atoms with Crippen molar-refractivity contribution in [2.45, 2.75) is 18.9 Å². The summed E-state index contributed by atoms with van der Waals surface area (Å²) in [7, 11) is -4.22. The SMILES string of the molecule is NC(=O)NCCCC(NCP(=O)(O)O)C(N)=O. The van der Waals surface area contributed by atoms with E-state index in [1.807, 2.05) is 0 Å². The lowest BCUT2D eigenvalue weighted by Crippen LogP contribution is -2.42. The van der Waals surface area contributed by atoms with Crippen molar-refractivity contribution in [3.05, 3.63) is 0 Å². The van der Waals surface area contributed by atoms with Gasteiger partial charge in [-0.15, -0.1) is 0 Å². The molecule has 8 N–H and O–H groups in total. The molecule has 0 aliphatic carbocycles. The second-order valence-electron chi connectivity index (χ2n) is 3.42. The number of hydrogen-bond acceptors (Lipinski definition) is 4. The van der Waals surface area contributed by atoms with Gasteiger partial charge < -0.3 is 26.6 Å². The first kappa shape index (κ1) is 15.9. The third-order valence-corrected chi connectivity index (χ3v) is 2.45. The van der Waals surface area contributed by atoms with Gasteiger partial charge in [0.1, 0.15) is 0 Å². The Kier molecular flexibility index (Phi) is 6.74. The van der Waals surface area contributed by atoms with Crippen molar-refractivity contribution in [3.63, 3.8) is 0 Å². The average Bonchev–Trinajstić information content (AvgIpc) is 2.13. The Bertz CT molecular complexity index is 317. The molecule has 0 rings (SSSR count). The molecule has 0 saturated carbocycles. The Balaban J connectivity index is 3.96. The molecule has 0 aromatic carbocycles. The van der Waals surface area contributed by atoms with E-state index in [9.17, 15) is 14.2 Å². The monoisotopic (exact) mass is 268 g/mol. The zero-order chi connectivity index (χ0) is 13.5. The van der Waals surface area contributed by atoms with E-state index in [1.54, 1.807) is 0 Å². The molecule has 9 nitrogen and oxygen atoms in total. The number of nitrogens with one attached hydrogen (secondary N) is 2. The van der Waals surface area contributed by atoms with Crippen molar-refractivity contribution in [2.75, 3.05) is 12.8 Å². The van der Waals surface area contributed by atoms with Gasteiger partial charge in [0, 0.05) is 6.54 Å². The highest BCUT2D eigenvalue weighted by molar-refractivity contribution is 7.51. The van der Waals surface area contributed by atoms with E-state index in [0.717, 1.165) is 0 Å². The molecule has 1 unspecified atom stereocenters. The molecule has 0 radical (unpaired) electrons. The Morgan fingerprint density at radius 2 is 1.88 bits per heavy atom. The third-order valence-electron chi connectivity index (χ3n) is 1.86. The van der Waals surface area contributed by atoms with Gasteiger partial charge >= 0.3 is 13.6 Å². The number of primary amides is 2. The predicted octanol–water partition coefficient (Wildman–Crippen LogP) is -1.99. The Morgan fingerprint density at radius 3 is 2.29 bits per heavy atom. The maximum atomic E-state index is 10.9. The number of amides is 3. The molecule has 0 aliphatic heterocycles. The molecule has 0 fully saturated rings. The first-order valence-electron chi connectivity index (χ1n) is 4.83. The number of hydrogen-bond donors (Lipinski definition) is 6. The van der Waals surface area contributed by atoms with Gasteiger partial charge in [-0.1, -0.05) is 0 Å². The van der Waals surface area contributed by atoms with Crippen LogP contribution in [0.1, 0.15) is 12.8 Å². The lowest BCUT2D eigenvalue weighted by molar-refractivity contribution is -0.120. The van der Waals surface area contributed by atoms with Crippen molar-refractivity contribution in [3.8, 4) is 0 Å². The molecule has 0 aliphatic rings. The van der Waals surface area contributed by atoms with Gasteiger partial charge in [0.05, 0.1) is 12.3 Å². The molecule has 0 bridgehead atoms. The van der Waals surface area contributed by atoms with Crippen LogP contribution in [0.3, 0.4) is 0 Å². The summed E-state index contributed by atoms with van der Waals surface area (Å²) in [6.07, 6.45) is 0.0319. The van der Waals surface area contributed by atoms with Crippen molar-refractivity contribution < 1.29 is 23.9 Å². The average molecular weight is 268 g/mol. The maximum absolute atomic E-state index is 10.9. The highest BCUT2D eigenvalue weighted by Gasteiger charge is 2.19. The van der Waals surface area contributed by atoms with Gasteiger partial charge in [-0.2, -0.15) is 0 Å². The summed E-state index contributed by atoms with van der Waals surface area (Å²) in [6, 6.07) is -1.53. The summed E-state index contributed by atoms with van der Waals surface area (Å²) in [6.45, 7) is 0.261. The minimum Gasteiger partial charge on any atom is -0.368 e. The third kappa shape index (κ3) is 9.76. The van der Waals surface area contributed by atoms with E-state index in [2.05, 4.69) is 10.6 Å². The minimum atomic E-state index is -4.22. The lowest BCUT2D eigenvalue weighted by Gasteiger charge is -2.15. The van der Waals surface area contributed by atoms with Crippen LogP contribution in [0, 0.1) is 0 Å². The molecule has 0 aromatic heterocycles. The van der Waals surface area contributed by atoms with E-state index in [-0.39, 0.29) is 13.0 Å². The molecule has 0 spiro atoms. The molecule has 0 aromatic rings. The van der Waals surface area contributed by atoms with Crippen LogP contribution in [0.15, 0.2) is 0 Å². The summed E-state index contributed by atoms with van der Waals surface area (Å²) in [5, 5.41) is 4.68. The van der Waals surface area contributed by atoms with Gasteiger partial charge in [-0.25, -0.2) is 4.79 Å². The van der Waals surface area contributed by atoms with E-state index >= 15 is 0 Å². The molecule has 10 heteroatoms. The minimum absolute atomic E-state index is 0.246. The summed E-state index contributed by atoms with van der Waals surface area (Å²) in [4.78, 5) is 38.5. The van der Waals surface area contributed by atoms with Crippen LogP contribution < -0.4 is 22.1 Å². The predicted molar refractivity (Wildman–Crippen MR) is 59.8 cm³/mol. The van der Waals surface area contributed by atoms with Crippen LogP contribution in [0.2, 0.25) is 0 Å². The summed E-state index contributed by atoms with van der Waals surface area (Å²) in [5.41, 5.74) is 9.87. The van der Waals surface area contributed by atoms with Gasteiger partial charge in [-0.05, 0) is 12.8 Å². The van der Waals surface area contributed by atoms with Crippen LogP contribution in [-0.4, -0.2) is 40.6 Å².